The molecule has 0 aliphatic rings. The van der Waals surface area contributed by atoms with Crippen LogP contribution in [0.15, 0.2) is 30.3 Å². The smallest absolute Gasteiger partial charge is 0.237 e. The summed E-state index contributed by atoms with van der Waals surface area (Å²) in [7, 11) is -1.41. The van der Waals surface area contributed by atoms with E-state index in [4.69, 9.17) is 31.6 Å². The van der Waals surface area contributed by atoms with Gasteiger partial charge in [-0.1, -0.05) is 24.6 Å². The molecule has 0 saturated heterocycles. The molecule has 0 saturated carbocycles. The summed E-state index contributed by atoms with van der Waals surface area (Å²) in [6.45, 7) is 1.97. The number of hydrogen-bond donors (Lipinski definition) is 0. The highest BCUT2D eigenvalue weighted by atomic mass is 35.7. The van der Waals surface area contributed by atoms with Crippen LogP contribution in [-0.4, -0.2) is 27.2 Å². The van der Waals surface area contributed by atoms with E-state index < -0.39 is 7.42 Å². The highest BCUT2D eigenvalue weighted by Gasteiger charge is 2.00. The van der Waals surface area contributed by atoms with Crippen LogP contribution in [0.2, 0.25) is 6.04 Å². The molecule has 17 heavy (non-hydrogen) atoms. The van der Waals surface area contributed by atoms with Crippen LogP contribution in [0.25, 0.3) is 0 Å². The maximum atomic E-state index is 5.75. The zero-order valence-corrected chi connectivity index (χ0v) is 12.4. The van der Waals surface area contributed by atoms with Gasteiger partial charge in [-0.25, -0.2) is 0 Å². The van der Waals surface area contributed by atoms with Crippen LogP contribution >= 0.6 is 22.2 Å². The molecule has 0 spiro atoms. The molecule has 0 fully saturated rings. The lowest BCUT2D eigenvalue weighted by Gasteiger charge is -2.06. The Balaban J connectivity index is 1.88. The number of hydrogen-bond acceptors (Lipinski definition) is 2. The fourth-order valence-electron chi connectivity index (χ4n) is 1.34. The monoisotopic (exact) mass is 292 g/mol. The van der Waals surface area contributed by atoms with Crippen molar-refractivity contribution in [2.24, 2.45) is 0 Å². The second-order valence-electron chi connectivity index (χ2n) is 3.66. The summed E-state index contributed by atoms with van der Waals surface area (Å²) in [4.78, 5) is 0. The molecule has 0 atom stereocenters. The Morgan fingerprint density at radius 1 is 0.941 bits per heavy atom. The Labute approximate surface area is 114 Å². The molecule has 0 amide bonds. The first-order valence-corrected chi connectivity index (χ1v) is 10.1. The standard InChI is InChI=1S/C12H18Cl2O2Si/c13-17(14)11-5-4-8-15-9-10-16-12-6-2-1-3-7-12/h1-3,6-7,17H,4-5,8-11H2. The zero-order valence-electron chi connectivity index (χ0n) is 9.78. The van der Waals surface area contributed by atoms with E-state index in [9.17, 15) is 0 Å². The van der Waals surface area contributed by atoms with Crippen molar-refractivity contribution in [3.05, 3.63) is 30.3 Å². The molecule has 5 heteroatoms. The molecule has 0 N–H and O–H groups in total. The number of rotatable bonds is 9. The molecule has 0 unspecified atom stereocenters. The van der Waals surface area contributed by atoms with E-state index in [1.165, 1.54) is 0 Å². The van der Waals surface area contributed by atoms with Crippen LogP contribution in [0, 0.1) is 0 Å². The van der Waals surface area contributed by atoms with Gasteiger partial charge in [-0.05, 0) is 24.6 Å². The summed E-state index contributed by atoms with van der Waals surface area (Å²) in [6.07, 6.45) is 2.08. The predicted octanol–water partition coefficient (Wildman–Crippen LogP) is 3.56. The molecule has 1 aromatic rings. The van der Waals surface area contributed by atoms with E-state index in [0.717, 1.165) is 31.2 Å². The first-order chi connectivity index (χ1) is 8.29. The molecule has 96 valence electrons. The summed E-state index contributed by atoms with van der Waals surface area (Å²) in [6, 6.07) is 10.7. The second kappa shape index (κ2) is 9.77. The molecule has 1 rings (SSSR count). The van der Waals surface area contributed by atoms with E-state index in [-0.39, 0.29) is 0 Å². The number of unbranched alkanes of at least 4 members (excludes halogenated alkanes) is 1. The summed E-state index contributed by atoms with van der Waals surface area (Å²) in [5, 5.41) is 0. The van der Waals surface area contributed by atoms with Gasteiger partial charge in [0.25, 0.3) is 0 Å². The van der Waals surface area contributed by atoms with Crippen molar-refractivity contribution in [3.63, 3.8) is 0 Å². The quantitative estimate of drug-likeness (QED) is 0.394. The van der Waals surface area contributed by atoms with E-state index in [1.54, 1.807) is 0 Å². The summed E-state index contributed by atoms with van der Waals surface area (Å²) >= 11 is 11.5. The van der Waals surface area contributed by atoms with Gasteiger partial charge in [0.05, 0.1) is 6.61 Å². The van der Waals surface area contributed by atoms with Crippen molar-refractivity contribution >= 4 is 29.6 Å². The van der Waals surface area contributed by atoms with Crippen molar-refractivity contribution in [2.45, 2.75) is 18.9 Å². The molecule has 0 heterocycles. The van der Waals surface area contributed by atoms with Crippen molar-refractivity contribution in [1.82, 2.24) is 0 Å². The van der Waals surface area contributed by atoms with Gasteiger partial charge in [0.2, 0.25) is 7.42 Å². The topological polar surface area (TPSA) is 18.5 Å². The molecule has 0 radical (unpaired) electrons. The zero-order chi connectivity index (χ0) is 12.3. The number of para-hydroxylation sites is 1. The normalized spacial score (nSPS) is 10.8. The molecular weight excluding hydrogens is 275 g/mol. The van der Waals surface area contributed by atoms with Gasteiger partial charge < -0.3 is 9.47 Å². The van der Waals surface area contributed by atoms with Crippen LogP contribution in [0.5, 0.6) is 5.75 Å². The lowest BCUT2D eigenvalue weighted by Crippen LogP contribution is -2.07. The minimum absolute atomic E-state index is 0.590. The van der Waals surface area contributed by atoms with E-state index in [1.807, 2.05) is 30.3 Å². The maximum Gasteiger partial charge on any atom is 0.237 e. The van der Waals surface area contributed by atoms with E-state index >= 15 is 0 Å². The van der Waals surface area contributed by atoms with Gasteiger partial charge in [0, 0.05) is 6.61 Å². The Morgan fingerprint density at radius 3 is 2.41 bits per heavy atom. The molecule has 0 bridgehead atoms. The third-order valence-electron chi connectivity index (χ3n) is 2.20. The summed E-state index contributed by atoms with van der Waals surface area (Å²) < 4.78 is 10.9. The lowest BCUT2D eigenvalue weighted by atomic mass is 10.3. The summed E-state index contributed by atoms with van der Waals surface area (Å²) in [5.74, 6) is 0.884. The van der Waals surface area contributed by atoms with Crippen LogP contribution in [0.1, 0.15) is 12.8 Å². The van der Waals surface area contributed by atoms with Gasteiger partial charge in [-0.3, -0.25) is 0 Å². The minimum atomic E-state index is -1.41. The van der Waals surface area contributed by atoms with Crippen LogP contribution in [0.3, 0.4) is 0 Å². The summed E-state index contributed by atoms with van der Waals surface area (Å²) in [5.41, 5.74) is 0. The van der Waals surface area contributed by atoms with Crippen molar-refractivity contribution < 1.29 is 9.47 Å². The van der Waals surface area contributed by atoms with E-state index in [2.05, 4.69) is 0 Å². The highest BCUT2D eigenvalue weighted by Crippen LogP contribution is 2.09. The first kappa shape index (κ1) is 14.8. The molecular formula is C12H18Cl2O2Si. The van der Waals surface area contributed by atoms with Crippen molar-refractivity contribution in [1.29, 1.82) is 0 Å². The highest BCUT2D eigenvalue weighted by molar-refractivity contribution is 7.33. The van der Waals surface area contributed by atoms with Gasteiger partial charge >= 0.3 is 0 Å². The number of ether oxygens (including phenoxy) is 2. The first-order valence-electron chi connectivity index (χ1n) is 5.83. The second-order valence-corrected chi connectivity index (χ2v) is 8.85. The number of halogens is 2. The predicted molar refractivity (Wildman–Crippen MR) is 75.7 cm³/mol. The fraction of sp³-hybridized carbons (Fsp3) is 0.500. The molecule has 0 aromatic heterocycles. The van der Waals surface area contributed by atoms with Crippen LogP contribution in [-0.2, 0) is 4.74 Å². The average Bonchev–Trinajstić information content (AvgIpc) is 2.33. The Hall–Kier alpha value is -0.223. The third kappa shape index (κ3) is 8.49. The minimum Gasteiger partial charge on any atom is -0.491 e. The fourth-order valence-corrected chi connectivity index (χ4v) is 2.86. The maximum absolute atomic E-state index is 5.75. The van der Waals surface area contributed by atoms with Gasteiger partial charge in [-0.2, -0.15) is 22.2 Å². The van der Waals surface area contributed by atoms with Gasteiger partial charge in [0.15, 0.2) is 0 Å². The van der Waals surface area contributed by atoms with Gasteiger partial charge in [0.1, 0.15) is 12.4 Å². The molecule has 1 aromatic carbocycles. The lowest BCUT2D eigenvalue weighted by molar-refractivity contribution is 0.0980. The number of benzene rings is 1. The van der Waals surface area contributed by atoms with Gasteiger partial charge in [-0.15, -0.1) is 0 Å². The Morgan fingerprint density at radius 2 is 1.71 bits per heavy atom. The third-order valence-corrected chi connectivity index (χ3v) is 4.35. The molecule has 0 aliphatic heterocycles. The largest absolute Gasteiger partial charge is 0.491 e. The van der Waals surface area contributed by atoms with Crippen molar-refractivity contribution in [3.8, 4) is 5.75 Å². The van der Waals surface area contributed by atoms with Crippen molar-refractivity contribution in [2.75, 3.05) is 19.8 Å². The average molecular weight is 293 g/mol. The molecule has 0 aliphatic carbocycles. The molecule has 2 nitrogen and oxygen atoms in total. The van der Waals surface area contributed by atoms with Crippen LogP contribution in [0.4, 0.5) is 0 Å². The van der Waals surface area contributed by atoms with Crippen LogP contribution < -0.4 is 4.74 Å². The van der Waals surface area contributed by atoms with E-state index in [0.29, 0.717) is 13.2 Å². The Kier molecular flexibility index (Phi) is 8.53. The SMILES string of the molecule is Cl[SiH](Cl)CCCCOCCOc1ccccc1. The Bertz CT molecular complexity index is 283.